The summed E-state index contributed by atoms with van der Waals surface area (Å²) in [5.74, 6) is 0.393. The van der Waals surface area contributed by atoms with Crippen LogP contribution in [0.2, 0.25) is 0 Å². The topological polar surface area (TPSA) is 87.5 Å². The minimum atomic E-state index is -0.357. The van der Waals surface area contributed by atoms with Gasteiger partial charge in [-0.05, 0) is 49.7 Å². The minimum absolute atomic E-state index is 0.0900. The molecule has 1 fully saturated rings. The zero-order valence-corrected chi connectivity index (χ0v) is 14.2. The van der Waals surface area contributed by atoms with Crippen LogP contribution in [0.4, 0.5) is 0 Å². The lowest BCUT2D eigenvalue weighted by molar-refractivity contribution is -0.126. The molecule has 1 atom stereocenters. The van der Waals surface area contributed by atoms with E-state index in [0.717, 1.165) is 31.5 Å². The lowest BCUT2D eigenvalue weighted by atomic mass is 10.1. The van der Waals surface area contributed by atoms with Gasteiger partial charge in [-0.3, -0.25) is 19.5 Å². The van der Waals surface area contributed by atoms with E-state index in [1.54, 1.807) is 31.6 Å². The van der Waals surface area contributed by atoms with Gasteiger partial charge in [0.15, 0.2) is 5.76 Å². The number of nitrogens with zero attached hydrogens (tertiary/aromatic N) is 2. The molecular formula is C18H22N4O3. The molecule has 0 bridgehead atoms. The first kappa shape index (κ1) is 17.2. The summed E-state index contributed by atoms with van der Waals surface area (Å²) in [6.45, 7) is 2.03. The number of amides is 2. The van der Waals surface area contributed by atoms with Crippen molar-refractivity contribution in [3.63, 3.8) is 0 Å². The van der Waals surface area contributed by atoms with Gasteiger partial charge in [0, 0.05) is 19.4 Å². The van der Waals surface area contributed by atoms with E-state index >= 15 is 0 Å². The third-order valence-electron chi connectivity index (χ3n) is 4.30. The Morgan fingerprint density at radius 1 is 1.28 bits per heavy atom. The fourth-order valence-electron chi connectivity index (χ4n) is 3.05. The number of rotatable bonds is 6. The van der Waals surface area contributed by atoms with Crippen LogP contribution in [0.15, 0.2) is 41.1 Å². The molecule has 0 aliphatic carbocycles. The molecule has 25 heavy (non-hydrogen) atoms. The lowest BCUT2D eigenvalue weighted by Gasteiger charge is -2.26. The zero-order chi connectivity index (χ0) is 17.6. The van der Waals surface area contributed by atoms with E-state index in [1.807, 2.05) is 12.1 Å². The van der Waals surface area contributed by atoms with Crippen LogP contribution in [0.3, 0.4) is 0 Å². The quantitative estimate of drug-likeness (QED) is 0.830. The second-order valence-corrected chi connectivity index (χ2v) is 5.99. The molecule has 7 heteroatoms. The Kier molecular flexibility index (Phi) is 5.45. The summed E-state index contributed by atoms with van der Waals surface area (Å²) in [6, 6.07) is 6.70. The largest absolute Gasteiger partial charge is 0.454 e. The number of carbonyl (C=O) groups is 2. The fourth-order valence-corrected chi connectivity index (χ4v) is 3.05. The van der Waals surface area contributed by atoms with Crippen molar-refractivity contribution in [2.45, 2.75) is 25.4 Å². The molecule has 2 aromatic rings. The van der Waals surface area contributed by atoms with E-state index in [9.17, 15) is 9.59 Å². The highest BCUT2D eigenvalue weighted by molar-refractivity contribution is 5.91. The maximum Gasteiger partial charge on any atom is 0.286 e. The number of hydrogen-bond donors (Lipinski definition) is 2. The van der Waals surface area contributed by atoms with Crippen LogP contribution in [-0.4, -0.2) is 41.8 Å². The number of hydrogen-bond acceptors (Lipinski definition) is 5. The first-order valence-electron chi connectivity index (χ1n) is 8.41. The van der Waals surface area contributed by atoms with Crippen molar-refractivity contribution < 1.29 is 14.0 Å². The summed E-state index contributed by atoms with van der Waals surface area (Å²) in [5, 5.41) is 5.41. The number of aromatic nitrogens is 1. The van der Waals surface area contributed by atoms with Crippen LogP contribution in [0.5, 0.6) is 0 Å². The Hall–Kier alpha value is -2.67. The second-order valence-electron chi connectivity index (χ2n) is 5.99. The van der Waals surface area contributed by atoms with Crippen molar-refractivity contribution in [3.05, 3.63) is 53.7 Å². The minimum Gasteiger partial charge on any atom is -0.454 e. The van der Waals surface area contributed by atoms with Crippen LogP contribution < -0.4 is 10.6 Å². The number of furan rings is 1. The summed E-state index contributed by atoms with van der Waals surface area (Å²) >= 11 is 0. The smallest absolute Gasteiger partial charge is 0.286 e. The molecule has 3 rings (SSSR count). The maximum absolute atomic E-state index is 12.8. The molecule has 1 aliphatic heterocycles. The van der Waals surface area contributed by atoms with E-state index in [2.05, 4.69) is 20.5 Å². The van der Waals surface area contributed by atoms with Crippen molar-refractivity contribution in [3.8, 4) is 0 Å². The number of likely N-dealkylation sites (tertiary alicyclic amines) is 1. The van der Waals surface area contributed by atoms with E-state index in [0.29, 0.717) is 5.76 Å². The Morgan fingerprint density at radius 3 is 2.76 bits per heavy atom. The van der Waals surface area contributed by atoms with E-state index in [-0.39, 0.29) is 30.2 Å². The third-order valence-corrected chi connectivity index (χ3v) is 4.30. The highest BCUT2D eigenvalue weighted by atomic mass is 16.4. The summed E-state index contributed by atoms with van der Waals surface area (Å²) in [6.07, 6.45) is 5.63. The summed E-state index contributed by atoms with van der Waals surface area (Å²) in [5.41, 5.74) is 0.882. The SMILES string of the molecule is CNC(=O)c1ccc(CNC(=O)[C@@H](c2cccnc2)N2CCCC2)o1. The number of pyridine rings is 1. The molecule has 0 radical (unpaired) electrons. The van der Waals surface area contributed by atoms with Gasteiger partial charge in [0.2, 0.25) is 5.91 Å². The van der Waals surface area contributed by atoms with Crippen molar-refractivity contribution in [1.82, 2.24) is 20.5 Å². The van der Waals surface area contributed by atoms with Crippen LogP contribution in [0.1, 0.15) is 40.8 Å². The summed E-state index contributed by atoms with van der Waals surface area (Å²) < 4.78 is 5.44. The Balaban J connectivity index is 1.68. The van der Waals surface area contributed by atoms with Crippen molar-refractivity contribution in [1.29, 1.82) is 0 Å². The third kappa shape index (κ3) is 4.06. The van der Waals surface area contributed by atoms with Gasteiger partial charge in [-0.1, -0.05) is 6.07 Å². The predicted octanol–water partition coefficient (Wildman–Crippen LogP) is 1.49. The zero-order valence-electron chi connectivity index (χ0n) is 14.2. The summed E-state index contributed by atoms with van der Waals surface area (Å²) in [7, 11) is 1.54. The molecule has 0 spiro atoms. The molecule has 2 aromatic heterocycles. The highest BCUT2D eigenvalue weighted by Crippen LogP contribution is 2.25. The molecule has 0 saturated carbocycles. The normalized spacial score (nSPS) is 15.7. The van der Waals surface area contributed by atoms with Crippen molar-refractivity contribution in [2.24, 2.45) is 0 Å². The molecule has 2 amide bonds. The highest BCUT2D eigenvalue weighted by Gasteiger charge is 2.29. The molecule has 0 unspecified atom stereocenters. The van der Waals surface area contributed by atoms with E-state index < -0.39 is 0 Å². The molecule has 0 aromatic carbocycles. The van der Waals surface area contributed by atoms with Crippen LogP contribution in [-0.2, 0) is 11.3 Å². The molecule has 132 valence electrons. The van der Waals surface area contributed by atoms with E-state index in [1.165, 1.54) is 0 Å². The first-order valence-corrected chi connectivity index (χ1v) is 8.41. The molecular weight excluding hydrogens is 320 g/mol. The first-order chi connectivity index (χ1) is 12.2. The maximum atomic E-state index is 12.8. The predicted molar refractivity (Wildman–Crippen MR) is 91.7 cm³/mol. The van der Waals surface area contributed by atoms with Gasteiger partial charge in [0.1, 0.15) is 11.8 Å². The Bertz CT molecular complexity index is 723. The standard InChI is InChI=1S/C18H22N4O3/c1-19-17(23)15-7-6-14(25-15)12-21-18(24)16(22-9-2-3-10-22)13-5-4-8-20-11-13/h4-8,11,16H,2-3,9-10,12H2,1H3,(H,19,23)(H,21,24)/t16-/m1/s1. The Labute approximate surface area is 146 Å². The Morgan fingerprint density at radius 2 is 2.08 bits per heavy atom. The lowest BCUT2D eigenvalue weighted by Crippen LogP contribution is -2.39. The van der Waals surface area contributed by atoms with Gasteiger partial charge in [0.25, 0.3) is 5.91 Å². The van der Waals surface area contributed by atoms with Crippen LogP contribution in [0, 0.1) is 0 Å². The van der Waals surface area contributed by atoms with Gasteiger partial charge >= 0.3 is 0 Å². The number of carbonyl (C=O) groups excluding carboxylic acids is 2. The number of nitrogens with one attached hydrogen (secondary N) is 2. The van der Waals surface area contributed by atoms with Crippen molar-refractivity contribution in [2.75, 3.05) is 20.1 Å². The van der Waals surface area contributed by atoms with Gasteiger partial charge in [-0.15, -0.1) is 0 Å². The average Bonchev–Trinajstić information content (AvgIpc) is 3.32. The van der Waals surface area contributed by atoms with Crippen LogP contribution in [0.25, 0.3) is 0 Å². The fraction of sp³-hybridized carbons (Fsp3) is 0.389. The van der Waals surface area contributed by atoms with E-state index in [4.69, 9.17) is 4.42 Å². The molecule has 3 heterocycles. The van der Waals surface area contributed by atoms with Gasteiger partial charge in [-0.25, -0.2) is 0 Å². The molecule has 2 N–H and O–H groups in total. The van der Waals surface area contributed by atoms with Gasteiger partial charge in [-0.2, -0.15) is 0 Å². The second kappa shape index (κ2) is 7.94. The average molecular weight is 342 g/mol. The molecule has 7 nitrogen and oxygen atoms in total. The van der Waals surface area contributed by atoms with Gasteiger partial charge in [0.05, 0.1) is 6.54 Å². The summed E-state index contributed by atoms with van der Waals surface area (Å²) in [4.78, 5) is 30.6. The van der Waals surface area contributed by atoms with Crippen LogP contribution >= 0.6 is 0 Å². The molecule has 1 saturated heterocycles. The monoisotopic (exact) mass is 342 g/mol. The van der Waals surface area contributed by atoms with Crippen molar-refractivity contribution >= 4 is 11.8 Å². The molecule has 1 aliphatic rings. The van der Waals surface area contributed by atoms with Gasteiger partial charge < -0.3 is 15.1 Å².